The highest BCUT2D eigenvalue weighted by molar-refractivity contribution is 9.10. The number of aliphatic hydroxyl groups excluding tert-OH is 1. The first-order valence-corrected chi connectivity index (χ1v) is 11.5. The fourth-order valence-corrected chi connectivity index (χ4v) is 5.10. The summed E-state index contributed by atoms with van der Waals surface area (Å²) in [5.41, 5.74) is 5.75. The van der Waals surface area contributed by atoms with E-state index in [-0.39, 0.29) is 0 Å². The SMILES string of the molecule is Cc1cn2cc(NC(O)c3ccc(N4C[C@@H](C)N[C@H](C)C4)c4nccnc34)cc(Br)c2n1. The average molecular weight is 496 g/mol. The first-order chi connectivity index (χ1) is 15.4. The summed E-state index contributed by atoms with van der Waals surface area (Å²) < 4.78 is 2.78. The molecule has 1 aliphatic heterocycles. The molecule has 3 N–H and O–H groups in total. The lowest BCUT2D eigenvalue weighted by Crippen LogP contribution is -2.54. The van der Waals surface area contributed by atoms with E-state index in [0.29, 0.717) is 23.2 Å². The molecule has 1 aromatic carbocycles. The summed E-state index contributed by atoms with van der Waals surface area (Å²) in [4.78, 5) is 16.1. The minimum atomic E-state index is -0.946. The van der Waals surface area contributed by atoms with E-state index in [1.807, 2.05) is 41.9 Å². The van der Waals surface area contributed by atoms with Crippen LogP contribution in [0.4, 0.5) is 11.4 Å². The van der Waals surface area contributed by atoms with Gasteiger partial charge in [-0.3, -0.25) is 9.97 Å². The Labute approximate surface area is 194 Å². The van der Waals surface area contributed by atoms with Gasteiger partial charge in [0.05, 0.1) is 27.1 Å². The quantitative estimate of drug-likeness (QED) is 0.372. The number of halogens is 1. The molecular formula is C23H26BrN7O. The van der Waals surface area contributed by atoms with Crippen molar-refractivity contribution in [1.82, 2.24) is 24.7 Å². The molecule has 8 nitrogen and oxygen atoms in total. The summed E-state index contributed by atoms with van der Waals surface area (Å²) in [5.74, 6) is 0. The Morgan fingerprint density at radius 2 is 1.84 bits per heavy atom. The molecule has 1 unspecified atom stereocenters. The third kappa shape index (κ3) is 3.92. The number of pyridine rings is 1. The van der Waals surface area contributed by atoms with Crippen LogP contribution in [-0.4, -0.2) is 49.6 Å². The Kier molecular flexibility index (Phi) is 5.48. The Morgan fingerprint density at radius 1 is 1.12 bits per heavy atom. The van der Waals surface area contributed by atoms with Gasteiger partial charge in [-0.05, 0) is 48.8 Å². The van der Waals surface area contributed by atoms with E-state index < -0.39 is 6.23 Å². The minimum Gasteiger partial charge on any atom is -0.369 e. The standard InChI is InChI=1S/C23H26BrN7O/c1-13-9-30(10-14(2)27-13)19-5-4-17(20-21(19)26-7-6-25-20)23(32)29-16-8-18(24)22-28-15(3)11-31(22)12-16/h4-8,11-14,23,27,29,32H,9-10H2,1-3H3/t13-,14-,23?/m1/s1. The molecule has 0 aliphatic carbocycles. The molecule has 0 radical (unpaired) electrons. The van der Waals surface area contributed by atoms with Gasteiger partial charge in [0.1, 0.15) is 5.52 Å². The molecular weight excluding hydrogens is 470 g/mol. The molecule has 5 rings (SSSR count). The van der Waals surface area contributed by atoms with Crippen LogP contribution in [0, 0.1) is 6.92 Å². The van der Waals surface area contributed by atoms with Crippen LogP contribution in [-0.2, 0) is 0 Å². The molecule has 4 aromatic rings. The van der Waals surface area contributed by atoms with Gasteiger partial charge in [0, 0.05) is 55.5 Å². The monoisotopic (exact) mass is 495 g/mol. The number of benzene rings is 1. The number of hydrogen-bond donors (Lipinski definition) is 3. The van der Waals surface area contributed by atoms with Crippen molar-refractivity contribution in [3.05, 3.63) is 58.7 Å². The van der Waals surface area contributed by atoms with Crippen LogP contribution in [0.15, 0.2) is 47.5 Å². The molecule has 3 aromatic heterocycles. The lowest BCUT2D eigenvalue weighted by atomic mass is 10.1. The molecule has 0 bridgehead atoms. The number of imidazole rings is 1. The smallest absolute Gasteiger partial charge is 0.153 e. The van der Waals surface area contributed by atoms with Crippen molar-refractivity contribution in [3.63, 3.8) is 0 Å². The number of aromatic nitrogens is 4. The third-order valence-corrected chi connectivity index (χ3v) is 6.34. The normalized spacial score (nSPS) is 20.1. The fourth-order valence-electron chi connectivity index (χ4n) is 4.56. The first kappa shape index (κ1) is 21.1. The number of fused-ring (bicyclic) bond motifs is 2. The van der Waals surface area contributed by atoms with Crippen molar-refractivity contribution >= 4 is 44.0 Å². The lowest BCUT2D eigenvalue weighted by Gasteiger charge is -2.38. The van der Waals surface area contributed by atoms with Gasteiger partial charge in [-0.1, -0.05) is 6.07 Å². The topological polar surface area (TPSA) is 90.6 Å². The van der Waals surface area contributed by atoms with Gasteiger partial charge in [0.25, 0.3) is 0 Å². The molecule has 0 amide bonds. The average Bonchev–Trinajstić information content (AvgIpc) is 3.13. The van der Waals surface area contributed by atoms with Gasteiger partial charge in [0.15, 0.2) is 11.9 Å². The van der Waals surface area contributed by atoms with Gasteiger partial charge in [-0.25, -0.2) is 4.98 Å². The Bertz CT molecular complexity index is 1280. The fraction of sp³-hybridized carbons (Fsp3) is 0.348. The van der Waals surface area contributed by atoms with Crippen molar-refractivity contribution in [2.75, 3.05) is 23.3 Å². The van der Waals surface area contributed by atoms with E-state index in [4.69, 9.17) is 0 Å². The molecule has 4 heterocycles. The van der Waals surface area contributed by atoms with Crippen molar-refractivity contribution in [1.29, 1.82) is 0 Å². The number of anilines is 2. The van der Waals surface area contributed by atoms with Gasteiger partial charge < -0.3 is 25.0 Å². The van der Waals surface area contributed by atoms with Gasteiger partial charge in [0.2, 0.25) is 0 Å². The number of nitrogens with zero attached hydrogens (tertiary/aromatic N) is 5. The number of aliphatic hydroxyl groups is 1. The number of nitrogens with one attached hydrogen (secondary N) is 2. The summed E-state index contributed by atoms with van der Waals surface area (Å²) in [7, 11) is 0. The second-order valence-electron chi connectivity index (χ2n) is 8.54. The van der Waals surface area contributed by atoms with Crippen molar-refractivity contribution in [2.24, 2.45) is 0 Å². The van der Waals surface area contributed by atoms with Crippen molar-refractivity contribution in [2.45, 2.75) is 39.1 Å². The first-order valence-electron chi connectivity index (χ1n) is 10.7. The highest BCUT2D eigenvalue weighted by Gasteiger charge is 2.24. The van der Waals surface area contributed by atoms with Crippen LogP contribution >= 0.6 is 15.9 Å². The molecule has 1 aliphatic rings. The van der Waals surface area contributed by atoms with Crippen LogP contribution < -0.4 is 15.5 Å². The Balaban J connectivity index is 1.49. The van der Waals surface area contributed by atoms with Crippen LogP contribution in [0.1, 0.15) is 31.3 Å². The molecule has 166 valence electrons. The predicted molar refractivity (Wildman–Crippen MR) is 130 cm³/mol. The number of hydrogen-bond acceptors (Lipinski definition) is 7. The van der Waals surface area contributed by atoms with Crippen LogP contribution in [0.2, 0.25) is 0 Å². The van der Waals surface area contributed by atoms with Gasteiger partial charge in [-0.2, -0.15) is 0 Å². The molecule has 9 heteroatoms. The largest absolute Gasteiger partial charge is 0.369 e. The van der Waals surface area contributed by atoms with E-state index in [2.05, 4.69) is 60.3 Å². The maximum atomic E-state index is 11.1. The summed E-state index contributed by atoms with van der Waals surface area (Å²) in [6.45, 7) is 8.13. The molecule has 0 saturated carbocycles. The summed E-state index contributed by atoms with van der Waals surface area (Å²) in [5, 5.41) is 17.8. The zero-order chi connectivity index (χ0) is 22.4. The van der Waals surface area contributed by atoms with Gasteiger partial charge >= 0.3 is 0 Å². The molecule has 0 spiro atoms. The third-order valence-electron chi connectivity index (χ3n) is 5.76. The highest BCUT2D eigenvalue weighted by atomic mass is 79.9. The van der Waals surface area contributed by atoms with Crippen LogP contribution in [0.3, 0.4) is 0 Å². The maximum absolute atomic E-state index is 11.1. The zero-order valence-electron chi connectivity index (χ0n) is 18.2. The van der Waals surface area contributed by atoms with Gasteiger partial charge in [-0.15, -0.1) is 0 Å². The zero-order valence-corrected chi connectivity index (χ0v) is 19.8. The number of piperazine rings is 1. The number of rotatable bonds is 4. The second kappa shape index (κ2) is 8.31. The van der Waals surface area contributed by atoms with Crippen LogP contribution in [0.25, 0.3) is 16.7 Å². The van der Waals surface area contributed by atoms with E-state index in [1.54, 1.807) is 12.4 Å². The van der Waals surface area contributed by atoms with Crippen LogP contribution in [0.5, 0.6) is 0 Å². The Hall–Kier alpha value is -2.75. The van der Waals surface area contributed by atoms with Crippen molar-refractivity contribution < 1.29 is 5.11 Å². The van der Waals surface area contributed by atoms with E-state index in [0.717, 1.165) is 45.8 Å². The lowest BCUT2D eigenvalue weighted by molar-refractivity contribution is 0.209. The van der Waals surface area contributed by atoms with Crippen molar-refractivity contribution in [3.8, 4) is 0 Å². The summed E-state index contributed by atoms with van der Waals surface area (Å²) in [6.07, 6.45) is 6.29. The summed E-state index contributed by atoms with van der Waals surface area (Å²) in [6, 6.07) is 6.67. The number of aryl methyl sites for hydroxylation is 1. The van der Waals surface area contributed by atoms with E-state index >= 15 is 0 Å². The van der Waals surface area contributed by atoms with E-state index in [9.17, 15) is 5.11 Å². The Morgan fingerprint density at radius 3 is 2.59 bits per heavy atom. The molecule has 32 heavy (non-hydrogen) atoms. The predicted octanol–water partition coefficient (Wildman–Crippen LogP) is 3.64. The summed E-state index contributed by atoms with van der Waals surface area (Å²) >= 11 is 3.57. The molecule has 1 saturated heterocycles. The molecule has 1 fully saturated rings. The second-order valence-corrected chi connectivity index (χ2v) is 9.39. The minimum absolute atomic E-state index is 0.387. The highest BCUT2D eigenvalue weighted by Crippen LogP contribution is 2.32. The van der Waals surface area contributed by atoms with E-state index in [1.165, 1.54) is 0 Å². The molecule has 3 atom stereocenters. The maximum Gasteiger partial charge on any atom is 0.153 e.